The van der Waals surface area contributed by atoms with Gasteiger partial charge in [0.15, 0.2) is 8.32 Å². The molecule has 0 unspecified atom stereocenters. The molecule has 0 N–H and O–H groups in total. The highest BCUT2D eigenvalue weighted by molar-refractivity contribution is 6.90. The molecule has 0 rings (SSSR count). The van der Waals surface area contributed by atoms with Gasteiger partial charge in [0.05, 0.1) is 0 Å². The van der Waals surface area contributed by atoms with Crippen LogP contribution in [0.1, 0.15) is 13.8 Å². The van der Waals surface area contributed by atoms with Gasteiger partial charge in [0, 0.05) is 11.1 Å². The average molecular weight is 445 g/mol. The van der Waals surface area contributed by atoms with E-state index in [4.69, 9.17) is 17.7 Å². The van der Waals surface area contributed by atoms with Crippen molar-refractivity contribution < 1.29 is 27.3 Å². The number of esters is 2. The van der Waals surface area contributed by atoms with E-state index in [1.54, 1.807) is 19.9 Å². The van der Waals surface area contributed by atoms with Crippen LogP contribution in [-0.2, 0) is 27.3 Å². The first-order valence-corrected chi connectivity index (χ1v) is 18.4. The van der Waals surface area contributed by atoms with Crippen molar-refractivity contribution in [1.82, 2.24) is 0 Å². The zero-order valence-corrected chi connectivity index (χ0v) is 21.9. The smallest absolute Gasteiger partial charge is 0.333 e. The molecule has 0 bridgehead atoms. The largest absolute Gasteiger partial charge is 0.458 e. The maximum absolute atomic E-state index is 11.8. The minimum absolute atomic E-state index is 0.0578. The van der Waals surface area contributed by atoms with E-state index in [1.807, 2.05) is 26.2 Å². The van der Waals surface area contributed by atoms with Gasteiger partial charge < -0.3 is 17.7 Å². The summed E-state index contributed by atoms with van der Waals surface area (Å²) in [6.07, 6.45) is 1.76. The Hall–Kier alpha value is -1.27. The summed E-state index contributed by atoms with van der Waals surface area (Å²) in [5.74, 6) is -0.934. The third kappa shape index (κ3) is 10.9. The third-order valence-electron chi connectivity index (χ3n) is 3.43. The standard InChI is InChI=1S/C19H36O6Si3/c1-15(2)18(20)22-13-12-17(14-23-19(21)16(3)4)27(8,9)25-28(10,11)24-26(5,6)7/h12H,1,3,13-14H2,2,4-11H3. The first kappa shape index (κ1) is 26.7. The molecular weight excluding hydrogens is 408 g/mol. The van der Waals surface area contributed by atoms with Crippen LogP contribution in [0.5, 0.6) is 0 Å². The van der Waals surface area contributed by atoms with Crippen LogP contribution in [0, 0.1) is 0 Å². The summed E-state index contributed by atoms with van der Waals surface area (Å²) in [4.78, 5) is 23.5. The fraction of sp³-hybridized carbons (Fsp3) is 0.579. The van der Waals surface area contributed by atoms with Crippen molar-refractivity contribution in [3.8, 4) is 0 Å². The lowest BCUT2D eigenvalue weighted by Gasteiger charge is -2.38. The van der Waals surface area contributed by atoms with Crippen molar-refractivity contribution in [3.05, 3.63) is 35.6 Å². The normalized spacial score (nSPS) is 13.1. The van der Waals surface area contributed by atoms with Crippen LogP contribution in [0.25, 0.3) is 0 Å². The molecule has 0 amide bonds. The number of hydrogen-bond acceptors (Lipinski definition) is 6. The first-order chi connectivity index (χ1) is 12.5. The van der Waals surface area contributed by atoms with Gasteiger partial charge >= 0.3 is 20.5 Å². The molecule has 0 aliphatic carbocycles. The fourth-order valence-corrected chi connectivity index (χ4v) is 15.4. The highest BCUT2D eigenvalue weighted by Gasteiger charge is 2.40. The van der Waals surface area contributed by atoms with E-state index in [9.17, 15) is 9.59 Å². The lowest BCUT2D eigenvalue weighted by atomic mass is 10.4. The zero-order valence-electron chi connectivity index (χ0n) is 18.9. The molecule has 0 heterocycles. The summed E-state index contributed by atoms with van der Waals surface area (Å²) in [5.41, 5.74) is 0.652. The van der Waals surface area contributed by atoms with Gasteiger partial charge in [-0.3, -0.25) is 0 Å². The molecule has 9 heteroatoms. The Bertz CT molecular complexity index is 645. The number of carbonyl (C=O) groups is 2. The van der Waals surface area contributed by atoms with Crippen LogP contribution < -0.4 is 0 Å². The van der Waals surface area contributed by atoms with E-state index in [0.717, 1.165) is 5.20 Å². The number of ether oxygens (including phenoxy) is 2. The molecule has 0 aliphatic heterocycles. The van der Waals surface area contributed by atoms with E-state index in [0.29, 0.717) is 11.1 Å². The second kappa shape index (κ2) is 10.5. The predicted molar refractivity (Wildman–Crippen MR) is 120 cm³/mol. The predicted octanol–water partition coefficient (Wildman–Crippen LogP) is 4.47. The number of carbonyl (C=O) groups excluding carboxylic acids is 2. The molecule has 0 saturated heterocycles. The van der Waals surface area contributed by atoms with Gasteiger partial charge in [-0.2, -0.15) is 0 Å². The highest BCUT2D eigenvalue weighted by Crippen LogP contribution is 2.25. The van der Waals surface area contributed by atoms with Crippen molar-refractivity contribution in [2.24, 2.45) is 0 Å². The SMILES string of the molecule is C=C(C)C(=O)OCC=C(COC(=O)C(=C)C)[Si](C)(C)O[Si](C)(C)O[Si](C)(C)C. The Morgan fingerprint density at radius 1 is 0.821 bits per heavy atom. The minimum atomic E-state index is -2.47. The minimum Gasteiger partial charge on any atom is -0.458 e. The van der Waals surface area contributed by atoms with Gasteiger partial charge in [-0.05, 0) is 70.9 Å². The maximum atomic E-state index is 11.8. The van der Waals surface area contributed by atoms with Crippen LogP contribution in [0.2, 0.25) is 45.8 Å². The Labute approximate surface area is 173 Å². The van der Waals surface area contributed by atoms with E-state index >= 15 is 0 Å². The Morgan fingerprint density at radius 2 is 1.29 bits per heavy atom. The molecule has 160 valence electrons. The summed E-state index contributed by atoms with van der Waals surface area (Å²) >= 11 is 0. The molecular formula is C19H36O6Si3. The monoisotopic (exact) mass is 444 g/mol. The van der Waals surface area contributed by atoms with Crippen molar-refractivity contribution >= 4 is 37.1 Å². The molecule has 6 nitrogen and oxygen atoms in total. The Balaban J connectivity index is 5.47. The second-order valence-electron chi connectivity index (χ2n) is 8.69. The summed E-state index contributed by atoms with van der Waals surface area (Å²) in [7, 11) is -6.63. The summed E-state index contributed by atoms with van der Waals surface area (Å²) < 4.78 is 23.3. The summed E-state index contributed by atoms with van der Waals surface area (Å²) in [5, 5.41) is 0.816. The topological polar surface area (TPSA) is 71.1 Å². The van der Waals surface area contributed by atoms with Crippen LogP contribution in [0.3, 0.4) is 0 Å². The van der Waals surface area contributed by atoms with Gasteiger partial charge in [-0.1, -0.05) is 13.2 Å². The lowest BCUT2D eigenvalue weighted by molar-refractivity contribution is -0.139. The molecule has 0 aromatic rings. The number of hydrogen-bond donors (Lipinski definition) is 0. The van der Waals surface area contributed by atoms with Gasteiger partial charge in [0.1, 0.15) is 13.2 Å². The molecule has 0 aromatic carbocycles. The molecule has 0 atom stereocenters. The summed E-state index contributed by atoms with van der Waals surface area (Å²) in [6, 6.07) is 0. The van der Waals surface area contributed by atoms with Gasteiger partial charge in [0.25, 0.3) is 0 Å². The second-order valence-corrected chi connectivity index (χ2v) is 21.0. The molecule has 0 spiro atoms. The molecule has 0 aromatic heterocycles. The lowest BCUT2D eigenvalue weighted by Crippen LogP contribution is -2.52. The van der Waals surface area contributed by atoms with E-state index in [1.165, 1.54) is 0 Å². The zero-order chi connectivity index (χ0) is 22.3. The van der Waals surface area contributed by atoms with Crippen molar-refractivity contribution in [1.29, 1.82) is 0 Å². The summed E-state index contributed by atoms with van der Waals surface area (Å²) in [6.45, 7) is 24.9. The van der Waals surface area contributed by atoms with E-state index < -0.39 is 37.1 Å². The molecule has 0 fully saturated rings. The van der Waals surface area contributed by atoms with E-state index in [2.05, 4.69) is 32.8 Å². The third-order valence-corrected chi connectivity index (χ3v) is 13.7. The molecule has 0 radical (unpaired) electrons. The van der Waals surface area contributed by atoms with Crippen LogP contribution in [-0.4, -0.2) is 50.3 Å². The van der Waals surface area contributed by atoms with Crippen LogP contribution in [0.4, 0.5) is 0 Å². The van der Waals surface area contributed by atoms with Crippen LogP contribution in [0.15, 0.2) is 35.6 Å². The average Bonchev–Trinajstić information content (AvgIpc) is 2.45. The molecule has 0 saturated carbocycles. The first-order valence-electron chi connectivity index (χ1n) is 9.22. The Kier molecular flexibility index (Phi) is 10.0. The highest BCUT2D eigenvalue weighted by atomic mass is 28.5. The molecule has 0 aliphatic rings. The maximum Gasteiger partial charge on any atom is 0.333 e. The quantitative estimate of drug-likeness (QED) is 0.266. The number of rotatable bonds is 11. The van der Waals surface area contributed by atoms with Crippen molar-refractivity contribution in [2.75, 3.05) is 13.2 Å². The van der Waals surface area contributed by atoms with Crippen molar-refractivity contribution in [2.45, 2.75) is 59.7 Å². The fourth-order valence-electron chi connectivity index (χ4n) is 2.52. The van der Waals surface area contributed by atoms with Gasteiger partial charge in [0.2, 0.25) is 8.32 Å². The van der Waals surface area contributed by atoms with E-state index in [-0.39, 0.29) is 13.2 Å². The molecule has 28 heavy (non-hydrogen) atoms. The van der Waals surface area contributed by atoms with Crippen LogP contribution >= 0.6 is 0 Å². The van der Waals surface area contributed by atoms with Gasteiger partial charge in [-0.15, -0.1) is 0 Å². The Morgan fingerprint density at radius 3 is 1.71 bits per heavy atom. The van der Waals surface area contributed by atoms with Crippen molar-refractivity contribution in [3.63, 3.8) is 0 Å². The van der Waals surface area contributed by atoms with Gasteiger partial charge in [-0.25, -0.2) is 9.59 Å².